The predicted octanol–water partition coefficient (Wildman–Crippen LogP) is 1.78. The number of carboxylic acids is 1. The number of aliphatic carboxylic acids is 1. The molecule has 0 saturated heterocycles. The largest absolute Gasteiger partial charge is 0.481 e. The number of nitrogens with zero attached hydrogens (tertiary/aromatic N) is 1. The van der Waals surface area contributed by atoms with Crippen molar-refractivity contribution in [2.45, 2.75) is 40.2 Å². The molecular formula is C12H24N2O3. The van der Waals surface area contributed by atoms with E-state index in [1.807, 2.05) is 27.7 Å². The van der Waals surface area contributed by atoms with E-state index in [0.29, 0.717) is 12.5 Å². The standard InChI is InChI=1S/C12H24N2O3/c1-8(2)7-14(5)12(17)13-10(9(3)4)6-11(15)16/h8-10H,6-7H2,1-5H3,(H,13,17)(H,15,16). The summed E-state index contributed by atoms with van der Waals surface area (Å²) in [5.41, 5.74) is 0. The minimum absolute atomic E-state index is 0.0427. The van der Waals surface area contributed by atoms with Crippen LogP contribution in [0.25, 0.3) is 0 Å². The lowest BCUT2D eigenvalue weighted by atomic mass is 10.0. The van der Waals surface area contributed by atoms with Crippen LogP contribution in [0.4, 0.5) is 4.79 Å². The minimum atomic E-state index is -0.893. The number of hydrogen-bond donors (Lipinski definition) is 2. The highest BCUT2D eigenvalue weighted by Gasteiger charge is 2.21. The van der Waals surface area contributed by atoms with Crippen molar-refractivity contribution in [2.75, 3.05) is 13.6 Å². The van der Waals surface area contributed by atoms with Crippen LogP contribution in [0.3, 0.4) is 0 Å². The maximum atomic E-state index is 11.8. The third kappa shape index (κ3) is 6.81. The van der Waals surface area contributed by atoms with Crippen LogP contribution in [0.5, 0.6) is 0 Å². The lowest BCUT2D eigenvalue weighted by Gasteiger charge is -2.26. The van der Waals surface area contributed by atoms with Gasteiger partial charge in [0.1, 0.15) is 0 Å². The summed E-state index contributed by atoms with van der Waals surface area (Å²) in [6, 6.07) is -0.534. The first kappa shape index (κ1) is 15.7. The van der Waals surface area contributed by atoms with Gasteiger partial charge in [-0.05, 0) is 11.8 Å². The third-order valence-electron chi connectivity index (χ3n) is 2.49. The predicted molar refractivity (Wildman–Crippen MR) is 66.9 cm³/mol. The summed E-state index contributed by atoms with van der Waals surface area (Å²) in [5.74, 6) is -0.402. The maximum absolute atomic E-state index is 11.8. The van der Waals surface area contributed by atoms with Crippen molar-refractivity contribution in [3.8, 4) is 0 Å². The Morgan fingerprint density at radius 2 is 1.76 bits per heavy atom. The molecule has 17 heavy (non-hydrogen) atoms. The smallest absolute Gasteiger partial charge is 0.317 e. The molecule has 0 radical (unpaired) electrons. The molecule has 0 saturated carbocycles. The Bertz CT molecular complexity index is 264. The molecule has 0 bridgehead atoms. The summed E-state index contributed by atoms with van der Waals surface area (Å²) in [6.07, 6.45) is -0.0427. The molecule has 0 aliphatic carbocycles. The molecule has 1 unspecified atom stereocenters. The van der Waals surface area contributed by atoms with Gasteiger partial charge >= 0.3 is 12.0 Å². The fraction of sp³-hybridized carbons (Fsp3) is 0.833. The van der Waals surface area contributed by atoms with Gasteiger partial charge in [-0.2, -0.15) is 0 Å². The van der Waals surface area contributed by atoms with Crippen LogP contribution < -0.4 is 5.32 Å². The molecular weight excluding hydrogens is 220 g/mol. The van der Waals surface area contributed by atoms with Crippen molar-refractivity contribution < 1.29 is 14.7 Å². The van der Waals surface area contributed by atoms with Crippen molar-refractivity contribution in [1.29, 1.82) is 0 Å². The zero-order valence-electron chi connectivity index (χ0n) is 11.4. The summed E-state index contributed by atoms with van der Waals surface area (Å²) in [5, 5.41) is 11.5. The molecule has 0 aromatic heterocycles. The number of carboxylic acid groups (broad SMARTS) is 1. The van der Waals surface area contributed by atoms with E-state index in [2.05, 4.69) is 5.32 Å². The second-order valence-corrected chi connectivity index (χ2v) is 5.17. The Balaban J connectivity index is 4.34. The van der Waals surface area contributed by atoms with Crippen molar-refractivity contribution in [3.63, 3.8) is 0 Å². The van der Waals surface area contributed by atoms with E-state index < -0.39 is 5.97 Å². The van der Waals surface area contributed by atoms with Crippen LogP contribution in [-0.2, 0) is 4.79 Å². The van der Waals surface area contributed by atoms with E-state index in [-0.39, 0.29) is 24.4 Å². The van der Waals surface area contributed by atoms with E-state index >= 15 is 0 Å². The number of nitrogens with one attached hydrogen (secondary N) is 1. The number of rotatable bonds is 6. The van der Waals surface area contributed by atoms with Gasteiger partial charge in [-0.3, -0.25) is 4.79 Å². The van der Waals surface area contributed by atoms with Crippen molar-refractivity contribution in [3.05, 3.63) is 0 Å². The molecule has 0 spiro atoms. The van der Waals surface area contributed by atoms with Gasteiger partial charge in [0.15, 0.2) is 0 Å². The van der Waals surface area contributed by atoms with E-state index in [1.54, 1.807) is 11.9 Å². The molecule has 0 aromatic rings. The van der Waals surface area contributed by atoms with E-state index in [9.17, 15) is 9.59 Å². The first-order chi connectivity index (χ1) is 7.73. The van der Waals surface area contributed by atoms with Gasteiger partial charge in [0.2, 0.25) is 0 Å². The van der Waals surface area contributed by atoms with Gasteiger partial charge < -0.3 is 15.3 Å². The Labute approximate surface area is 103 Å². The third-order valence-corrected chi connectivity index (χ3v) is 2.49. The molecule has 2 N–H and O–H groups in total. The second kappa shape index (κ2) is 7.14. The van der Waals surface area contributed by atoms with Gasteiger partial charge in [0.25, 0.3) is 0 Å². The Morgan fingerprint density at radius 3 is 2.12 bits per heavy atom. The molecule has 0 rings (SSSR count). The van der Waals surface area contributed by atoms with Crippen LogP contribution in [0.15, 0.2) is 0 Å². The van der Waals surface area contributed by atoms with Crippen LogP contribution in [0, 0.1) is 11.8 Å². The first-order valence-electron chi connectivity index (χ1n) is 5.97. The van der Waals surface area contributed by atoms with E-state index in [4.69, 9.17) is 5.11 Å². The van der Waals surface area contributed by atoms with Gasteiger partial charge in [-0.15, -0.1) is 0 Å². The molecule has 0 heterocycles. The Kier molecular flexibility index (Phi) is 6.61. The topological polar surface area (TPSA) is 69.6 Å². The molecule has 0 aliphatic rings. The lowest BCUT2D eigenvalue weighted by Crippen LogP contribution is -2.47. The number of carbonyl (C=O) groups is 2. The molecule has 5 heteroatoms. The van der Waals surface area contributed by atoms with Gasteiger partial charge in [-0.25, -0.2) is 4.79 Å². The van der Waals surface area contributed by atoms with Crippen molar-refractivity contribution in [1.82, 2.24) is 10.2 Å². The molecule has 0 aromatic carbocycles. The van der Waals surface area contributed by atoms with Crippen LogP contribution in [0.1, 0.15) is 34.1 Å². The number of amides is 2. The zero-order chi connectivity index (χ0) is 13.6. The average Bonchev–Trinajstić information content (AvgIpc) is 2.14. The fourth-order valence-electron chi connectivity index (χ4n) is 1.54. The average molecular weight is 244 g/mol. The fourth-order valence-corrected chi connectivity index (χ4v) is 1.54. The van der Waals surface area contributed by atoms with Crippen LogP contribution in [-0.4, -0.2) is 41.6 Å². The maximum Gasteiger partial charge on any atom is 0.317 e. The summed E-state index contributed by atoms with van der Waals surface area (Å²) >= 11 is 0. The molecule has 0 fully saturated rings. The lowest BCUT2D eigenvalue weighted by molar-refractivity contribution is -0.137. The zero-order valence-corrected chi connectivity index (χ0v) is 11.4. The Morgan fingerprint density at radius 1 is 1.24 bits per heavy atom. The number of urea groups is 1. The normalized spacial score (nSPS) is 12.6. The van der Waals surface area contributed by atoms with E-state index in [0.717, 1.165) is 0 Å². The molecule has 2 amide bonds. The molecule has 100 valence electrons. The quantitative estimate of drug-likeness (QED) is 0.748. The monoisotopic (exact) mass is 244 g/mol. The van der Waals surface area contributed by atoms with Crippen molar-refractivity contribution in [2.24, 2.45) is 11.8 Å². The Hall–Kier alpha value is -1.26. The van der Waals surface area contributed by atoms with E-state index in [1.165, 1.54) is 0 Å². The molecule has 1 atom stereocenters. The highest BCUT2D eigenvalue weighted by atomic mass is 16.4. The molecule has 0 aliphatic heterocycles. The van der Waals surface area contributed by atoms with Crippen LogP contribution in [0.2, 0.25) is 0 Å². The van der Waals surface area contributed by atoms with Gasteiger partial charge in [0.05, 0.1) is 6.42 Å². The second-order valence-electron chi connectivity index (χ2n) is 5.17. The SMILES string of the molecule is CC(C)CN(C)C(=O)NC(CC(=O)O)C(C)C. The number of carbonyl (C=O) groups excluding carboxylic acids is 1. The van der Waals surface area contributed by atoms with Gasteiger partial charge in [-0.1, -0.05) is 27.7 Å². The first-order valence-corrected chi connectivity index (χ1v) is 5.97. The minimum Gasteiger partial charge on any atom is -0.481 e. The van der Waals surface area contributed by atoms with Gasteiger partial charge in [0, 0.05) is 19.6 Å². The summed E-state index contributed by atoms with van der Waals surface area (Å²) < 4.78 is 0. The highest BCUT2D eigenvalue weighted by molar-refractivity contribution is 5.75. The number of hydrogen-bond acceptors (Lipinski definition) is 2. The summed E-state index contributed by atoms with van der Waals surface area (Å²) in [6.45, 7) is 8.51. The van der Waals surface area contributed by atoms with Crippen LogP contribution >= 0.6 is 0 Å². The summed E-state index contributed by atoms with van der Waals surface area (Å²) in [7, 11) is 1.72. The summed E-state index contributed by atoms with van der Waals surface area (Å²) in [4.78, 5) is 24.1. The van der Waals surface area contributed by atoms with Crippen molar-refractivity contribution >= 4 is 12.0 Å². The molecule has 5 nitrogen and oxygen atoms in total. The highest BCUT2D eigenvalue weighted by Crippen LogP contribution is 2.07.